The van der Waals surface area contributed by atoms with E-state index >= 15 is 0 Å². The number of aromatic amines is 3. The summed E-state index contributed by atoms with van der Waals surface area (Å²) in [5.41, 5.74) is 9.90. The molecule has 0 saturated heterocycles. The highest BCUT2D eigenvalue weighted by atomic mass is 35.5. The Balaban J connectivity index is 0.000000403. The molecule has 2 aromatic heterocycles. The summed E-state index contributed by atoms with van der Waals surface area (Å²) in [5, 5.41) is 9.20. The molecule has 0 fully saturated rings. The second kappa shape index (κ2) is 10.00. The van der Waals surface area contributed by atoms with Gasteiger partial charge in [0, 0.05) is 6.54 Å². The van der Waals surface area contributed by atoms with Gasteiger partial charge in [-0.3, -0.25) is 30.5 Å². The molecule has 0 aliphatic heterocycles. The van der Waals surface area contributed by atoms with Gasteiger partial charge in [-0.2, -0.15) is 0 Å². The lowest BCUT2D eigenvalue weighted by Crippen LogP contribution is -2.40. The summed E-state index contributed by atoms with van der Waals surface area (Å²) in [5.74, 6) is 0.0358. The van der Waals surface area contributed by atoms with Crippen molar-refractivity contribution >= 4 is 35.5 Å². The predicted molar refractivity (Wildman–Crippen MR) is 91.0 cm³/mol. The van der Waals surface area contributed by atoms with Crippen molar-refractivity contribution in [3.8, 4) is 0 Å². The summed E-state index contributed by atoms with van der Waals surface area (Å²) in [7, 11) is 0. The van der Waals surface area contributed by atoms with Crippen LogP contribution in [0, 0.1) is 5.41 Å². The first kappa shape index (κ1) is 20.2. The molecule has 0 atom stereocenters. The van der Waals surface area contributed by atoms with Crippen molar-refractivity contribution in [2.75, 3.05) is 6.54 Å². The van der Waals surface area contributed by atoms with Crippen LogP contribution in [-0.2, 0) is 0 Å². The van der Waals surface area contributed by atoms with Crippen LogP contribution in [0.3, 0.4) is 0 Å². The predicted octanol–water partition coefficient (Wildman–Crippen LogP) is -1.05. The van der Waals surface area contributed by atoms with E-state index < -0.39 is 11.2 Å². The Kier molecular flexibility index (Phi) is 8.77. The van der Waals surface area contributed by atoms with E-state index in [2.05, 4.69) is 37.2 Å². The number of rotatable bonds is 3. The number of hydrogen-bond acceptors (Lipinski definition) is 5. The van der Waals surface area contributed by atoms with Crippen LogP contribution in [0.25, 0.3) is 11.2 Å². The third-order valence-electron chi connectivity index (χ3n) is 2.38. The summed E-state index contributed by atoms with van der Waals surface area (Å²) in [6.45, 7) is 2.76. The van der Waals surface area contributed by atoms with Gasteiger partial charge in [0.05, 0.1) is 6.33 Å². The van der Waals surface area contributed by atoms with E-state index in [0.717, 1.165) is 12.8 Å². The molecule has 0 radical (unpaired) electrons. The topological polar surface area (TPSA) is 195 Å². The van der Waals surface area contributed by atoms with Crippen molar-refractivity contribution < 1.29 is 0 Å². The molecule has 0 amide bonds. The standard InChI is InChI=1S/C6H15N5.C5H4N4O2.ClH/c1-2-3-4-10-6(9)11-5(7)8;10-4-2-3(7-1-6-2)8-5(11)9-4;/h2-4H2,1H3,(H6,7,8,9,10,11);1H,(H3,6,7,8,9,10,11);1H. The highest BCUT2D eigenvalue weighted by molar-refractivity contribution is 5.95. The largest absolute Gasteiger partial charge is 0.370 e. The Morgan fingerprint density at radius 1 is 1.39 bits per heavy atom. The number of aromatic nitrogens is 4. The maximum Gasteiger partial charge on any atom is 0.327 e. The normalized spacial score (nSPS) is 10.4. The van der Waals surface area contributed by atoms with Crippen molar-refractivity contribution in [3.63, 3.8) is 0 Å². The zero-order chi connectivity index (χ0) is 16.5. The average Bonchev–Trinajstić information content (AvgIpc) is 2.87. The fourth-order valence-corrected chi connectivity index (χ4v) is 1.40. The van der Waals surface area contributed by atoms with Crippen molar-refractivity contribution in [3.05, 3.63) is 27.2 Å². The van der Waals surface area contributed by atoms with Gasteiger partial charge in [0.25, 0.3) is 5.56 Å². The number of nitrogens with two attached hydrogens (primary N) is 2. The molecule has 0 unspecified atom stereocenters. The molecule has 2 rings (SSSR count). The Labute approximate surface area is 136 Å². The highest BCUT2D eigenvalue weighted by Crippen LogP contribution is 1.92. The van der Waals surface area contributed by atoms with Gasteiger partial charge < -0.3 is 16.5 Å². The number of guanidine groups is 2. The fourth-order valence-electron chi connectivity index (χ4n) is 1.40. The van der Waals surface area contributed by atoms with Crippen LogP contribution in [0.5, 0.6) is 0 Å². The number of fused-ring (bicyclic) bond motifs is 1. The Morgan fingerprint density at radius 2 is 2.09 bits per heavy atom. The monoisotopic (exact) mass is 345 g/mol. The van der Waals surface area contributed by atoms with Gasteiger partial charge in [0.2, 0.25) is 0 Å². The molecule has 0 aliphatic rings. The summed E-state index contributed by atoms with van der Waals surface area (Å²) in [6, 6.07) is 0. The minimum Gasteiger partial charge on any atom is -0.370 e. The van der Waals surface area contributed by atoms with Crippen molar-refractivity contribution in [2.24, 2.45) is 16.5 Å². The van der Waals surface area contributed by atoms with Crippen molar-refractivity contribution in [1.82, 2.24) is 25.3 Å². The first-order valence-electron chi connectivity index (χ1n) is 6.50. The molecule has 12 heteroatoms. The van der Waals surface area contributed by atoms with Crippen LogP contribution < -0.4 is 28.0 Å². The lowest BCUT2D eigenvalue weighted by Gasteiger charge is -2.00. The third kappa shape index (κ3) is 7.13. The van der Waals surface area contributed by atoms with E-state index in [1.54, 1.807) is 0 Å². The Bertz CT molecular complexity index is 760. The molecular weight excluding hydrogens is 326 g/mol. The third-order valence-corrected chi connectivity index (χ3v) is 2.38. The van der Waals surface area contributed by atoms with Crippen LogP contribution in [0.1, 0.15) is 19.8 Å². The van der Waals surface area contributed by atoms with E-state index in [4.69, 9.17) is 16.9 Å². The van der Waals surface area contributed by atoms with E-state index in [0.29, 0.717) is 6.54 Å². The van der Waals surface area contributed by atoms with Crippen molar-refractivity contribution in [2.45, 2.75) is 19.8 Å². The number of H-pyrrole nitrogens is 3. The minimum absolute atomic E-state index is 0. The summed E-state index contributed by atoms with van der Waals surface area (Å²) in [6.07, 6.45) is 3.42. The Hall–Kier alpha value is -2.82. The lowest BCUT2D eigenvalue weighted by molar-refractivity contribution is 0.804. The van der Waals surface area contributed by atoms with Crippen LogP contribution in [0.15, 0.2) is 20.9 Å². The van der Waals surface area contributed by atoms with Gasteiger partial charge in [-0.25, -0.2) is 9.78 Å². The summed E-state index contributed by atoms with van der Waals surface area (Å²) < 4.78 is 0. The molecule has 9 N–H and O–H groups in total. The first-order valence-corrected chi connectivity index (χ1v) is 6.50. The molecule has 11 nitrogen and oxygen atoms in total. The number of aliphatic imine (C=N–C) groups is 1. The first-order chi connectivity index (χ1) is 10.4. The number of imidazole rings is 1. The number of halogens is 1. The molecular formula is C11H20ClN9O2. The zero-order valence-electron chi connectivity index (χ0n) is 12.5. The van der Waals surface area contributed by atoms with Gasteiger partial charge in [-0.05, 0) is 6.42 Å². The van der Waals surface area contributed by atoms with Crippen LogP contribution in [0.4, 0.5) is 0 Å². The smallest absolute Gasteiger partial charge is 0.327 e. The molecule has 0 aliphatic carbocycles. The van der Waals surface area contributed by atoms with Crippen molar-refractivity contribution in [1.29, 1.82) is 5.41 Å². The van der Waals surface area contributed by atoms with Gasteiger partial charge >= 0.3 is 5.69 Å². The molecule has 2 heterocycles. The summed E-state index contributed by atoms with van der Waals surface area (Å²) in [4.78, 5) is 36.2. The second-order valence-corrected chi connectivity index (χ2v) is 4.19. The molecule has 0 bridgehead atoms. The maximum atomic E-state index is 10.9. The molecule has 0 aromatic carbocycles. The van der Waals surface area contributed by atoms with E-state index in [9.17, 15) is 9.59 Å². The zero-order valence-corrected chi connectivity index (χ0v) is 13.3. The van der Waals surface area contributed by atoms with E-state index in [-0.39, 0.29) is 35.5 Å². The summed E-state index contributed by atoms with van der Waals surface area (Å²) >= 11 is 0. The molecule has 2 aromatic rings. The second-order valence-electron chi connectivity index (χ2n) is 4.19. The van der Waals surface area contributed by atoms with E-state index in [1.807, 2.05) is 0 Å². The molecule has 23 heavy (non-hydrogen) atoms. The van der Waals surface area contributed by atoms with Gasteiger partial charge in [-0.15, -0.1) is 12.4 Å². The van der Waals surface area contributed by atoms with Gasteiger partial charge in [0.15, 0.2) is 17.6 Å². The lowest BCUT2D eigenvalue weighted by atomic mass is 10.3. The van der Waals surface area contributed by atoms with E-state index in [1.165, 1.54) is 6.33 Å². The van der Waals surface area contributed by atoms with Crippen LogP contribution in [-0.4, -0.2) is 38.4 Å². The minimum atomic E-state index is -0.547. The molecule has 0 saturated carbocycles. The van der Waals surface area contributed by atoms with Gasteiger partial charge in [0.1, 0.15) is 5.52 Å². The average molecular weight is 346 g/mol. The molecule has 0 spiro atoms. The SMILES string of the molecule is CCCCN=C(N)NC(=N)N.Cl.O=c1[nH]c(=O)c2[nH]cnc2[nH]1. The fraction of sp³-hybridized carbons (Fsp3) is 0.364. The highest BCUT2D eigenvalue weighted by Gasteiger charge is 1.99. The number of hydrogen-bond donors (Lipinski definition) is 7. The molecule has 128 valence electrons. The van der Waals surface area contributed by atoms with Gasteiger partial charge in [-0.1, -0.05) is 13.3 Å². The maximum absolute atomic E-state index is 10.9. The van der Waals surface area contributed by atoms with Crippen LogP contribution in [0.2, 0.25) is 0 Å². The quantitative estimate of drug-likeness (QED) is 0.210. The number of nitrogens with one attached hydrogen (secondary N) is 5. The number of unbranched alkanes of at least 4 members (excludes halogenated alkanes) is 1. The number of nitrogens with zero attached hydrogens (tertiary/aromatic N) is 2. The van der Waals surface area contributed by atoms with Crippen LogP contribution >= 0.6 is 12.4 Å². The Morgan fingerprint density at radius 3 is 2.70 bits per heavy atom.